The van der Waals surface area contributed by atoms with Crippen molar-refractivity contribution in [1.29, 1.82) is 0 Å². The van der Waals surface area contributed by atoms with Gasteiger partial charge >= 0.3 is 5.69 Å². The van der Waals surface area contributed by atoms with Crippen LogP contribution in [0.5, 0.6) is 0 Å². The summed E-state index contributed by atoms with van der Waals surface area (Å²) >= 11 is 0. The third-order valence-electron chi connectivity index (χ3n) is 2.92. The number of hydrogen-bond donors (Lipinski definition) is 2. The number of aliphatic hydroxyl groups excluding tert-OH is 1. The Kier molecular flexibility index (Phi) is 4.38. The molecule has 1 aliphatic rings. The fourth-order valence-corrected chi connectivity index (χ4v) is 1.91. The number of aliphatic hydroxyl groups is 1. The first kappa shape index (κ1) is 14.5. The van der Waals surface area contributed by atoms with Crippen LogP contribution in [0.2, 0.25) is 0 Å². The lowest BCUT2D eigenvalue weighted by atomic mass is 10.2. The summed E-state index contributed by atoms with van der Waals surface area (Å²) in [5, 5.41) is 9.96. The van der Waals surface area contributed by atoms with Crippen LogP contribution < -0.4 is 11.2 Å². The SMILES string of the molecule is C=C1O[C@@H](n2ccc(=O)[nH]c2=O)[C@H](OCCOC)[C@@H]1O. The number of rotatable bonds is 5. The molecule has 2 rings (SSSR count). The second kappa shape index (κ2) is 6.04. The Balaban J connectivity index is 2.25. The minimum atomic E-state index is -1.06. The Bertz CT molecular complexity index is 592. The van der Waals surface area contributed by atoms with Gasteiger partial charge in [0.05, 0.1) is 13.2 Å². The zero-order valence-corrected chi connectivity index (χ0v) is 10.9. The first-order chi connectivity index (χ1) is 9.54. The molecule has 110 valence electrons. The Hall–Kier alpha value is -1.90. The number of ether oxygens (including phenoxy) is 3. The van der Waals surface area contributed by atoms with Crippen LogP contribution in [0.3, 0.4) is 0 Å². The first-order valence-corrected chi connectivity index (χ1v) is 6.00. The number of aromatic nitrogens is 2. The predicted octanol–water partition coefficient (Wildman–Crippen LogP) is -1.03. The lowest BCUT2D eigenvalue weighted by Gasteiger charge is -2.21. The van der Waals surface area contributed by atoms with Crippen molar-refractivity contribution in [3.05, 3.63) is 45.4 Å². The molecule has 0 saturated carbocycles. The number of methoxy groups -OCH3 is 1. The molecule has 1 aromatic rings. The van der Waals surface area contributed by atoms with E-state index in [1.165, 1.54) is 19.4 Å². The summed E-state index contributed by atoms with van der Waals surface area (Å²) in [4.78, 5) is 24.9. The quantitative estimate of drug-likeness (QED) is 0.670. The summed E-state index contributed by atoms with van der Waals surface area (Å²) in [7, 11) is 1.52. The largest absolute Gasteiger partial charge is 0.469 e. The molecule has 0 unspecified atom stereocenters. The molecule has 1 fully saturated rings. The van der Waals surface area contributed by atoms with Gasteiger partial charge in [-0.15, -0.1) is 0 Å². The Morgan fingerprint density at radius 2 is 2.25 bits per heavy atom. The molecule has 0 bridgehead atoms. The summed E-state index contributed by atoms with van der Waals surface area (Å²) in [5.74, 6) is 0.107. The van der Waals surface area contributed by atoms with Crippen molar-refractivity contribution in [1.82, 2.24) is 9.55 Å². The summed E-state index contributed by atoms with van der Waals surface area (Å²) in [6.45, 7) is 4.13. The average Bonchev–Trinajstić information content (AvgIpc) is 2.67. The molecule has 20 heavy (non-hydrogen) atoms. The van der Waals surface area contributed by atoms with Crippen molar-refractivity contribution in [2.75, 3.05) is 20.3 Å². The summed E-state index contributed by atoms with van der Waals surface area (Å²) in [5.41, 5.74) is -1.16. The first-order valence-electron chi connectivity index (χ1n) is 6.00. The van der Waals surface area contributed by atoms with Crippen LogP contribution in [0, 0.1) is 0 Å². The maximum Gasteiger partial charge on any atom is 0.331 e. The van der Waals surface area contributed by atoms with Gasteiger partial charge in [0.1, 0.15) is 18.0 Å². The van der Waals surface area contributed by atoms with Crippen molar-refractivity contribution in [2.24, 2.45) is 0 Å². The van der Waals surface area contributed by atoms with E-state index in [1.807, 2.05) is 0 Å². The van der Waals surface area contributed by atoms with Crippen LogP contribution >= 0.6 is 0 Å². The van der Waals surface area contributed by atoms with Crippen molar-refractivity contribution in [3.63, 3.8) is 0 Å². The van der Waals surface area contributed by atoms with Crippen LogP contribution in [0.15, 0.2) is 34.2 Å². The van der Waals surface area contributed by atoms with Crippen LogP contribution in [-0.2, 0) is 14.2 Å². The van der Waals surface area contributed by atoms with Crippen LogP contribution in [0.25, 0.3) is 0 Å². The smallest absolute Gasteiger partial charge is 0.331 e. The minimum Gasteiger partial charge on any atom is -0.469 e. The number of nitrogens with one attached hydrogen (secondary N) is 1. The van der Waals surface area contributed by atoms with Crippen molar-refractivity contribution >= 4 is 0 Å². The van der Waals surface area contributed by atoms with Gasteiger partial charge in [0.2, 0.25) is 6.23 Å². The molecule has 1 aliphatic heterocycles. The molecule has 0 radical (unpaired) electrons. The number of H-pyrrole nitrogens is 1. The zero-order valence-electron chi connectivity index (χ0n) is 10.9. The van der Waals surface area contributed by atoms with Gasteiger partial charge in [-0.1, -0.05) is 6.58 Å². The second-order valence-corrected chi connectivity index (χ2v) is 4.27. The minimum absolute atomic E-state index is 0.107. The Morgan fingerprint density at radius 3 is 2.90 bits per heavy atom. The standard InChI is InChI=1S/C12H16N2O6/c1-7-9(16)10(19-6-5-18-2)11(20-7)14-4-3-8(15)13-12(14)17/h3-4,9-11,16H,1,5-6H2,2H3,(H,13,15,17)/t9-,10-,11-/m1/s1. The van der Waals surface area contributed by atoms with Crippen molar-refractivity contribution in [3.8, 4) is 0 Å². The van der Waals surface area contributed by atoms with Crippen LogP contribution in [-0.4, -0.2) is 47.2 Å². The van der Waals surface area contributed by atoms with Crippen LogP contribution in [0.1, 0.15) is 6.23 Å². The van der Waals surface area contributed by atoms with E-state index in [0.717, 1.165) is 4.57 Å². The average molecular weight is 284 g/mol. The van der Waals surface area contributed by atoms with Crippen LogP contribution in [0.4, 0.5) is 0 Å². The van der Waals surface area contributed by atoms with E-state index >= 15 is 0 Å². The molecule has 0 amide bonds. The maximum absolute atomic E-state index is 11.8. The molecule has 8 heteroatoms. The molecule has 0 spiro atoms. The lowest BCUT2D eigenvalue weighted by Crippen LogP contribution is -2.38. The van der Waals surface area contributed by atoms with Gasteiger partial charge in [0, 0.05) is 19.4 Å². The number of hydrogen-bond acceptors (Lipinski definition) is 6. The van der Waals surface area contributed by atoms with E-state index in [2.05, 4.69) is 11.6 Å². The fourth-order valence-electron chi connectivity index (χ4n) is 1.91. The highest BCUT2D eigenvalue weighted by atomic mass is 16.6. The summed E-state index contributed by atoms with van der Waals surface area (Å²) in [6.07, 6.45) is -1.47. The van der Waals surface area contributed by atoms with Gasteiger partial charge < -0.3 is 19.3 Å². The molecule has 0 aromatic carbocycles. The Labute approximate surface area is 114 Å². The molecule has 3 atom stereocenters. The van der Waals surface area contributed by atoms with E-state index in [4.69, 9.17) is 14.2 Å². The van der Waals surface area contributed by atoms with Gasteiger partial charge in [-0.3, -0.25) is 14.3 Å². The Morgan fingerprint density at radius 1 is 1.50 bits per heavy atom. The molecular formula is C12H16N2O6. The van der Waals surface area contributed by atoms with E-state index < -0.39 is 29.7 Å². The zero-order chi connectivity index (χ0) is 14.7. The lowest BCUT2D eigenvalue weighted by molar-refractivity contribution is -0.0761. The van der Waals surface area contributed by atoms with E-state index in [9.17, 15) is 14.7 Å². The number of aromatic amines is 1. The highest BCUT2D eigenvalue weighted by Gasteiger charge is 2.42. The highest BCUT2D eigenvalue weighted by Crippen LogP contribution is 2.32. The van der Waals surface area contributed by atoms with Gasteiger partial charge in [-0.05, 0) is 0 Å². The molecule has 8 nitrogen and oxygen atoms in total. The van der Waals surface area contributed by atoms with Crippen molar-refractivity contribution in [2.45, 2.75) is 18.4 Å². The van der Waals surface area contributed by atoms with Gasteiger partial charge in [-0.2, -0.15) is 0 Å². The summed E-state index contributed by atoms with van der Waals surface area (Å²) in [6, 6.07) is 1.18. The topological polar surface area (TPSA) is 103 Å². The monoisotopic (exact) mass is 284 g/mol. The van der Waals surface area contributed by atoms with Gasteiger partial charge in [-0.25, -0.2) is 4.79 Å². The van der Waals surface area contributed by atoms with E-state index in [0.29, 0.717) is 6.61 Å². The number of nitrogens with zero attached hydrogens (tertiary/aromatic N) is 1. The normalized spacial score (nSPS) is 25.7. The molecule has 2 N–H and O–H groups in total. The maximum atomic E-state index is 11.8. The molecule has 1 saturated heterocycles. The highest BCUT2D eigenvalue weighted by molar-refractivity contribution is 5.06. The second-order valence-electron chi connectivity index (χ2n) is 4.27. The molecular weight excluding hydrogens is 268 g/mol. The van der Waals surface area contributed by atoms with Gasteiger partial charge in [0.25, 0.3) is 5.56 Å². The fraction of sp³-hybridized carbons (Fsp3) is 0.500. The van der Waals surface area contributed by atoms with Crippen molar-refractivity contribution < 1.29 is 19.3 Å². The third kappa shape index (κ3) is 2.82. The van der Waals surface area contributed by atoms with E-state index in [-0.39, 0.29) is 12.4 Å². The van der Waals surface area contributed by atoms with E-state index in [1.54, 1.807) is 0 Å². The third-order valence-corrected chi connectivity index (χ3v) is 2.92. The summed E-state index contributed by atoms with van der Waals surface area (Å²) < 4.78 is 16.8. The molecule has 2 heterocycles. The predicted molar refractivity (Wildman–Crippen MR) is 68.2 cm³/mol. The molecule has 1 aromatic heterocycles. The van der Waals surface area contributed by atoms with Gasteiger partial charge in [0.15, 0.2) is 0 Å². The molecule has 0 aliphatic carbocycles.